The lowest BCUT2D eigenvalue weighted by Crippen LogP contribution is -2.48. The van der Waals surface area contributed by atoms with E-state index in [-0.39, 0.29) is 24.1 Å². The third-order valence-electron chi connectivity index (χ3n) is 4.56. The molecule has 2 aromatic rings. The largest absolute Gasteiger partial charge is 0.497 e. The zero-order chi connectivity index (χ0) is 22.1. The highest BCUT2D eigenvalue weighted by Gasteiger charge is 2.27. The van der Waals surface area contributed by atoms with E-state index in [0.29, 0.717) is 27.9 Å². The Morgan fingerprint density at radius 2 is 1.77 bits per heavy atom. The van der Waals surface area contributed by atoms with Crippen molar-refractivity contribution in [3.05, 3.63) is 63.6 Å². The summed E-state index contributed by atoms with van der Waals surface area (Å²) in [7, 11) is 1.62. The Morgan fingerprint density at radius 3 is 2.33 bits per heavy atom. The monoisotopic (exact) mass is 468 g/mol. The van der Waals surface area contributed by atoms with Crippen LogP contribution in [-0.4, -0.2) is 42.2 Å². The summed E-state index contributed by atoms with van der Waals surface area (Å²) in [6.45, 7) is 4.21. The molecule has 0 radical (unpaired) electrons. The first-order valence-corrected chi connectivity index (χ1v) is 11.5. The number of rotatable bonds is 10. The van der Waals surface area contributed by atoms with E-state index in [9.17, 15) is 9.59 Å². The van der Waals surface area contributed by atoms with E-state index in [1.807, 2.05) is 31.2 Å². The van der Waals surface area contributed by atoms with E-state index in [1.165, 1.54) is 16.7 Å². The number of likely N-dealkylation sites (N-methyl/N-ethyl adjacent to an activating group) is 1. The number of nitrogens with one attached hydrogen (secondary N) is 1. The van der Waals surface area contributed by atoms with Crippen LogP contribution in [0, 0.1) is 0 Å². The molecule has 0 aromatic heterocycles. The van der Waals surface area contributed by atoms with Crippen LogP contribution in [0.3, 0.4) is 0 Å². The highest BCUT2D eigenvalue weighted by molar-refractivity contribution is 7.99. The standard InChI is InChI=1S/C22H26Cl2N2O3S/c1-4-25-22(28)15(2)26(12-18-19(23)6-5-7-20(18)24)21(27)14-30-13-16-8-10-17(29-3)11-9-16/h5-11,15H,4,12-14H2,1-3H3,(H,25,28). The van der Waals surface area contributed by atoms with Crippen LogP contribution in [0.25, 0.3) is 0 Å². The van der Waals surface area contributed by atoms with Crippen molar-refractivity contribution in [3.63, 3.8) is 0 Å². The van der Waals surface area contributed by atoms with Gasteiger partial charge in [0.2, 0.25) is 11.8 Å². The van der Waals surface area contributed by atoms with Gasteiger partial charge in [0.15, 0.2) is 0 Å². The predicted molar refractivity (Wildman–Crippen MR) is 124 cm³/mol. The first kappa shape index (κ1) is 24.4. The molecule has 0 aliphatic rings. The van der Waals surface area contributed by atoms with Gasteiger partial charge in [-0.1, -0.05) is 41.4 Å². The molecule has 1 atom stereocenters. The van der Waals surface area contributed by atoms with Crippen LogP contribution in [0.1, 0.15) is 25.0 Å². The minimum absolute atomic E-state index is 0.150. The summed E-state index contributed by atoms with van der Waals surface area (Å²) in [5.41, 5.74) is 1.72. The van der Waals surface area contributed by atoms with Crippen molar-refractivity contribution >= 4 is 46.8 Å². The highest BCUT2D eigenvalue weighted by Crippen LogP contribution is 2.27. The number of carbonyl (C=O) groups excluding carboxylic acids is 2. The van der Waals surface area contributed by atoms with Crippen molar-refractivity contribution in [2.75, 3.05) is 19.4 Å². The molecule has 0 saturated heterocycles. The summed E-state index contributed by atoms with van der Waals surface area (Å²) in [6.07, 6.45) is 0. The quantitative estimate of drug-likeness (QED) is 0.544. The Bertz CT molecular complexity index is 842. The topological polar surface area (TPSA) is 58.6 Å². The molecule has 30 heavy (non-hydrogen) atoms. The van der Waals surface area contributed by atoms with E-state index >= 15 is 0 Å². The second kappa shape index (κ2) is 12.1. The van der Waals surface area contributed by atoms with Crippen molar-refractivity contribution in [1.82, 2.24) is 10.2 Å². The van der Waals surface area contributed by atoms with Crippen molar-refractivity contribution in [3.8, 4) is 5.75 Å². The average Bonchev–Trinajstić information content (AvgIpc) is 2.73. The first-order valence-electron chi connectivity index (χ1n) is 9.58. The lowest BCUT2D eigenvalue weighted by atomic mass is 10.1. The summed E-state index contributed by atoms with van der Waals surface area (Å²) < 4.78 is 5.16. The van der Waals surface area contributed by atoms with Gasteiger partial charge in [0, 0.05) is 34.5 Å². The van der Waals surface area contributed by atoms with E-state index in [2.05, 4.69) is 5.32 Å². The van der Waals surface area contributed by atoms with Crippen LogP contribution in [0.4, 0.5) is 0 Å². The van der Waals surface area contributed by atoms with Crippen molar-refractivity contribution in [2.24, 2.45) is 0 Å². The molecule has 2 rings (SSSR count). The van der Waals surface area contributed by atoms with Crippen molar-refractivity contribution < 1.29 is 14.3 Å². The van der Waals surface area contributed by atoms with Gasteiger partial charge in [-0.2, -0.15) is 0 Å². The number of amides is 2. The maximum Gasteiger partial charge on any atom is 0.242 e. The number of nitrogens with zero attached hydrogens (tertiary/aromatic N) is 1. The number of hydrogen-bond acceptors (Lipinski definition) is 4. The van der Waals surface area contributed by atoms with E-state index in [4.69, 9.17) is 27.9 Å². The Labute approximate surface area is 192 Å². The molecule has 0 fully saturated rings. The minimum atomic E-state index is -0.647. The molecule has 0 aliphatic carbocycles. The maximum absolute atomic E-state index is 13.0. The van der Waals surface area contributed by atoms with Crippen LogP contribution in [0.15, 0.2) is 42.5 Å². The third kappa shape index (κ3) is 6.83. The molecule has 1 N–H and O–H groups in total. The van der Waals surface area contributed by atoms with Gasteiger partial charge in [-0.15, -0.1) is 11.8 Å². The number of thioether (sulfide) groups is 1. The molecule has 2 amide bonds. The number of hydrogen-bond donors (Lipinski definition) is 1. The summed E-state index contributed by atoms with van der Waals surface area (Å²) >= 11 is 14.1. The van der Waals surface area contributed by atoms with Gasteiger partial charge >= 0.3 is 0 Å². The van der Waals surface area contributed by atoms with Crippen LogP contribution < -0.4 is 10.1 Å². The number of carbonyl (C=O) groups is 2. The van der Waals surface area contributed by atoms with E-state index in [1.54, 1.807) is 32.2 Å². The molecule has 0 bridgehead atoms. The number of halogens is 2. The number of methoxy groups -OCH3 is 1. The Kier molecular flexibility index (Phi) is 9.82. The Hall–Kier alpha value is -1.89. The van der Waals surface area contributed by atoms with Gasteiger partial charge in [-0.25, -0.2) is 0 Å². The van der Waals surface area contributed by atoms with Gasteiger partial charge in [0.05, 0.1) is 12.9 Å². The fourth-order valence-electron chi connectivity index (χ4n) is 2.82. The molecule has 2 aromatic carbocycles. The lowest BCUT2D eigenvalue weighted by molar-refractivity contribution is -0.138. The molecular formula is C22H26Cl2N2O3S. The van der Waals surface area contributed by atoms with Crippen molar-refractivity contribution in [2.45, 2.75) is 32.2 Å². The zero-order valence-electron chi connectivity index (χ0n) is 17.3. The molecule has 8 heteroatoms. The van der Waals surface area contributed by atoms with Crippen LogP contribution in [0.2, 0.25) is 10.0 Å². The van der Waals surface area contributed by atoms with E-state index in [0.717, 1.165) is 11.3 Å². The Balaban J connectivity index is 2.09. The second-order valence-electron chi connectivity index (χ2n) is 6.63. The zero-order valence-corrected chi connectivity index (χ0v) is 19.6. The lowest BCUT2D eigenvalue weighted by Gasteiger charge is -2.29. The van der Waals surface area contributed by atoms with Gasteiger partial charge in [-0.05, 0) is 43.7 Å². The second-order valence-corrected chi connectivity index (χ2v) is 8.43. The fraction of sp³-hybridized carbons (Fsp3) is 0.364. The number of ether oxygens (including phenoxy) is 1. The van der Waals surface area contributed by atoms with Crippen LogP contribution in [-0.2, 0) is 21.9 Å². The molecule has 1 unspecified atom stereocenters. The highest BCUT2D eigenvalue weighted by atomic mass is 35.5. The SMILES string of the molecule is CCNC(=O)C(C)N(Cc1c(Cl)cccc1Cl)C(=O)CSCc1ccc(OC)cc1. The molecular weight excluding hydrogens is 443 g/mol. The van der Waals surface area contributed by atoms with Crippen LogP contribution >= 0.6 is 35.0 Å². The first-order chi connectivity index (χ1) is 14.4. The fourth-order valence-corrected chi connectivity index (χ4v) is 4.21. The molecule has 0 saturated carbocycles. The number of benzene rings is 2. The molecule has 0 heterocycles. The summed E-state index contributed by atoms with van der Waals surface area (Å²) in [5, 5.41) is 3.70. The van der Waals surface area contributed by atoms with Gasteiger partial charge in [0.1, 0.15) is 11.8 Å². The van der Waals surface area contributed by atoms with E-state index < -0.39 is 6.04 Å². The maximum atomic E-state index is 13.0. The summed E-state index contributed by atoms with van der Waals surface area (Å²) in [5.74, 6) is 1.33. The molecule has 162 valence electrons. The molecule has 0 spiro atoms. The third-order valence-corrected chi connectivity index (χ3v) is 6.26. The Morgan fingerprint density at radius 1 is 1.13 bits per heavy atom. The summed E-state index contributed by atoms with van der Waals surface area (Å²) in [4.78, 5) is 27.0. The van der Waals surface area contributed by atoms with Gasteiger partial charge in [-0.3, -0.25) is 9.59 Å². The molecule has 5 nitrogen and oxygen atoms in total. The van der Waals surface area contributed by atoms with Gasteiger partial charge < -0.3 is 15.0 Å². The minimum Gasteiger partial charge on any atom is -0.497 e. The predicted octanol–water partition coefficient (Wildman–Crippen LogP) is 4.79. The molecule has 0 aliphatic heterocycles. The smallest absolute Gasteiger partial charge is 0.242 e. The normalized spacial score (nSPS) is 11.6. The van der Waals surface area contributed by atoms with Crippen LogP contribution in [0.5, 0.6) is 5.75 Å². The van der Waals surface area contributed by atoms with Crippen molar-refractivity contribution in [1.29, 1.82) is 0 Å². The van der Waals surface area contributed by atoms with Gasteiger partial charge in [0.25, 0.3) is 0 Å². The summed E-state index contributed by atoms with van der Waals surface area (Å²) in [6, 6.07) is 12.3. The average molecular weight is 469 g/mol.